The third-order valence-electron chi connectivity index (χ3n) is 3.09. The van der Waals surface area contributed by atoms with Gasteiger partial charge in [-0.25, -0.2) is 0 Å². The number of para-hydroxylation sites is 1. The number of amides is 1. The van der Waals surface area contributed by atoms with E-state index in [1.165, 1.54) is 18.2 Å². The lowest BCUT2D eigenvalue weighted by Gasteiger charge is -2.30. The monoisotopic (exact) mass is 266 g/mol. The van der Waals surface area contributed by atoms with Crippen LogP contribution >= 0.6 is 0 Å². The van der Waals surface area contributed by atoms with E-state index in [4.69, 9.17) is 4.74 Å². The molecule has 104 valence electrons. The van der Waals surface area contributed by atoms with Crippen molar-refractivity contribution in [3.63, 3.8) is 0 Å². The molecule has 6 heteroatoms. The molecule has 1 unspecified atom stereocenters. The Morgan fingerprint density at radius 3 is 3.05 bits per heavy atom. The number of rotatable bonds is 3. The van der Waals surface area contributed by atoms with Gasteiger partial charge in [0.1, 0.15) is 0 Å². The van der Waals surface area contributed by atoms with Crippen LogP contribution in [0.3, 0.4) is 0 Å². The standard InChI is InChI=1S/C13H18N2O4/c1-15-5-6-19-9(8-15)7-14-13(18)10-3-2-4-11(16)12(10)17/h2-4,9,16-17H,5-8H2,1H3,(H,14,18). The van der Waals surface area contributed by atoms with Gasteiger partial charge < -0.3 is 25.2 Å². The average molecular weight is 266 g/mol. The van der Waals surface area contributed by atoms with Crippen molar-refractivity contribution in [1.29, 1.82) is 0 Å². The molecule has 0 bridgehead atoms. The molecule has 1 aliphatic rings. The summed E-state index contributed by atoms with van der Waals surface area (Å²) in [5.74, 6) is -1.13. The van der Waals surface area contributed by atoms with Crippen LogP contribution in [0, 0.1) is 0 Å². The largest absolute Gasteiger partial charge is 0.504 e. The number of morpholine rings is 1. The van der Waals surface area contributed by atoms with E-state index in [1.807, 2.05) is 7.05 Å². The van der Waals surface area contributed by atoms with Gasteiger partial charge in [0.2, 0.25) is 0 Å². The quantitative estimate of drug-likeness (QED) is 0.679. The Hall–Kier alpha value is -1.79. The lowest BCUT2D eigenvalue weighted by molar-refractivity contribution is -0.0175. The minimum atomic E-state index is -0.426. The summed E-state index contributed by atoms with van der Waals surface area (Å²) in [6, 6.07) is 4.29. The summed E-state index contributed by atoms with van der Waals surface area (Å²) in [5.41, 5.74) is 0.0594. The maximum atomic E-state index is 11.9. The number of phenolic OH excluding ortho intramolecular Hbond substituents is 2. The van der Waals surface area contributed by atoms with E-state index < -0.39 is 11.7 Å². The molecule has 1 aromatic carbocycles. The van der Waals surface area contributed by atoms with Crippen molar-refractivity contribution in [2.45, 2.75) is 6.10 Å². The molecule has 0 saturated carbocycles. The molecule has 1 saturated heterocycles. The first-order valence-corrected chi connectivity index (χ1v) is 6.17. The molecular formula is C13H18N2O4. The van der Waals surface area contributed by atoms with E-state index in [9.17, 15) is 15.0 Å². The van der Waals surface area contributed by atoms with E-state index >= 15 is 0 Å². The maximum absolute atomic E-state index is 11.9. The molecule has 6 nitrogen and oxygen atoms in total. The number of carbonyl (C=O) groups is 1. The molecule has 1 atom stereocenters. The van der Waals surface area contributed by atoms with Gasteiger partial charge in [0.25, 0.3) is 5.91 Å². The average Bonchev–Trinajstić information content (AvgIpc) is 2.39. The fourth-order valence-corrected chi connectivity index (χ4v) is 2.01. The second-order valence-electron chi connectivity index (χ2n) is 4.64. The lowest BCUT2D eigenvalue weighted by Crippen LogP contribution is -2.45. The molecule has 1 fully saturated rings. The first kappa shape index (κ1) is 13.6. The highest BCUT2D eigenvalue weighted by atomic mass is 16.5. The number of benzene rings is 1. The van der Waals surface area contributed by atoms with Crippen molar-refractivity contribution >= 4 is 5.91 Å². The van der Waals surface area contributed by atoms with Gasteiger partial charge in [-0.05, 0) is 19.2 Å². The van der Waals surface area contributed by atoms with Crippen molar-refractivity contribution in [2.24, 2.45) is 0 Å². The summed E-state index contributed by atoms with van der Waals surface area (Å²) in [6.45, 7) is 2.66. The van der Waals surface area contributed by atoms with Gasteiger partial charge in [-0.1, -0.05) is 6.07 Å². The number of aromatic hydroxyl groups is 2. The minimum Gasteiger partial charge on any atom is -0.504 e. The predicted molar refractivity (Wildman–Crippen MR) is 69.3 cm³/mol. The zero-order valence-corrected chi connectivity index (χ0v) is 10.8. The van der Waals surface area contributed by atoms with Crippen LogP contribution in [0.1, 0.15) is 10.4 Å². The van der Waals surface area contributed by atoms with E-state index in [2.05, 4.69) is 10.2 Å². The molecule has 3 N–H and O–H groups in total. The molecule has 2 rings (SSSR count). The topological polar surface area (TPSA) is 82.0 Å². The van der Waals surface area contributed by atoms with Crippen LogP contribution in [0.4, 0.5) is 0 Å². The summed E-state index contributed by atoms with van der Waals surface area (Å²) in [4.78, 5) is 14.0. The summed E-state index contributed by atoms with van der Waals surface area (Å²) in [5, 5.41) is 21.6. The normalized spacial score (nSPS) is 20.2. The number of phenols is 2. The number of hydrogen-bond acceptors (Lipinski definition) is 5. The van der Waals surface area contributed by atoms with E-state index in [0.29, 0.717) is 13.2 Å². The Kier molecular flexibility index (Phi) is 4.24. The summed E-state index contributed by atoms with van der Waals surface area (Å²) < 4.78 is 5.52. The van der Waals surface area contributed by atoms with Gasteiger partial charge in [-0.2, -0.15) is 0 Å². The molecular weight excluding hydrogens is 248 g/mol. The van der Waals surface area contributed by atoms with Crippen LogP contribution in [0.15, 0.2) is 18.2 Å². The smallest absolute Gasteiger partial charge is 0.255 e. The number of ether oxygens (including phenoxy) is 1. The molecule has 1 amide bonds. The van der Waals surface area contributed by atoms with E-state index in [0.717, 1.165) is 13.1 Å². The fourth-order valence-electron chi connectivity index (χ4n) is 2.01. The van der Waals surface area contributed by atoms with Gasteiger partial charge in [0.05, 0.1) is 18.3 Å². The molecule has 1 heterocycles. The Morgan fingerprint density at radius 1 is 1.53 bits per heavy atom. The molecule has 1 aromatic rings. The summed E-state index contributed by atoms with van der Waals surface area (Å²) in [6.07, 6.45) is -0.0536. The van der Waals surface area contributed by atoms with Crippen LogP contribution in [-0.2, 0) is 4.74 Å². The van der Waals surface area contributed by atoms with Crippen LogP contribution in [0.2, 0.25) is 0 Å². The van der Waals surface area contributed by atoms with Crippen molar-refractivity contribution in [3.8, 4) is 11.5 Å². The van der Waals surface area contributed by atoms with Crippen molar-refractivity contribution in [3.05, 3.63) is 23.8 Å². The number of nitrogens with zero attached hydrogens (tertiary/aromatic N) is 1. The maximum Gasteiger partial charge on any atom is 0.255 e. The third kappa shape index (κ3) is 3.36. The van der Waals surface area contributed by atoms with Crippen molar-refractivity contribution < 1.29 is 19.7 Å². The molecule has 0 aromatic heterocycles. The van der Waals surface area contributed by atoms with E-state index in [1.54, 1.807) is 0 Å². The molecule has 19 heavy (non-hydrogen) atoms. The Bertz CT molecular complexity index is 464. The van der Waals surface area contributed by atoms with Gasteiger partial charge in [0.15, 0.2) is 11.5 Å². The van der Waals surface area contributed by atoms with Gasteiger partial charge in [0, 0.05) is 19.6 Å². The number of likely N-dealkylation sites (N-methyl/N-ethyl adjacent to an activating group) is 1. The van der Waals surface area contributed by atoms with Crippen LogP contribution in [0.5, 0.6) is 11.5 Å². The highest BCUT2D eigenvalue weighted by Gasteiger charge is 2.20. The van der Waals surface area contributed by atoms with Gasteiger partial charge >= 0.3 is 0 Å². The highest BCUT2D eigenvalue weighted by molar-refractivity contribution is 5.97. The fraction of sp³-hybridized carbons (Fsp3) is 0.462. The lowest BCUT2D eigenvalue weighted by atomic mass is 10.1. The second-order valence-corrected chi connectivity index (χ2v) is 4.64. The SMILES string of the molecule is CN1CCOC(CNC(=O)c2cccc(O)c2O)C1. The minimum absolute atomic E-state index is 0.0536. The third-order valence-corrected chi connectivity index (χ3v) is 3.09. The summed E-state index contributed by atoms with van der Waals surface area (Å²) >= 11 is 0. The molecule has 1 aliphatic heterocycles. The Balaban J connectivity index is 1.92. The van der Waals surface area contributed by atoms with Crippen LogP contribution in [-0.4, -0.2) is 60.4 Å². The molecule has 0 radical (unpaired) electrons. The number of nitrogens with one attached hydrogen (secondary N) is 1. The van der Waals surface area contributed by atoms with Crippen molar-refractivity contribution in [2.75, 3.05) is 33.3 Å². The van der Waals surface area contributed by atoms with Crippen LogP contribution < -0.4 is 5.32 Å². The number of hydrogen-bond donors (Lipinski definition) is 3. The predicted octanol–water partition coefficient (Wildman–Crippen LogP) is 0.158. The first-order chi connectivity index (χ1) is 9.08. The Labute approximate surface area is 111 Å². The van der Waals surface area contributed by atoms with Crippen molar-refractivity contribution in [1.82, 2.24) is 10.2 Å². The summed E-state index contributed by atoms with van der Waals surface area (Å²) in [7, 11) is 2.00. The first-order valence-electron chi connectivity index (χ1n) is 6.17. The second kappa shape index (κ2) is 5.90. The van der Waals surface area contributed by atoms with E-state index in [-0.39, 0.29) is 17.4 Å². The van der Waals surface area contributed by atoms with Crippen LogP contribution in [0.25, 0.3) is 0 Å². The van der Waals surface area contributed by atoms with Gasteiger partial charge in [-0.3, -0.25) is 4.79 Å². The highest BCUT2D eigenvalue weighted by Crippen LogP contribution is 2.27. The zero-order valence-electron chi connectivity index (χ0n) is 10.8. The van der Waals surface area contributed by atoms with Gasteiger partial charge in [-0.15, -0.1) is 0 Å². The zero-order chi connectivity index (χ0) is 13.8. The number of carbonyl (C=O) groups excluding carboxylic acids is 1. The molecule has 0 aliphatic carbocycles. The molecule has 0 spiro atoms. The Morgan fingerprint density at radius 2 is 2.32 bits per heavy atom.